The molecule has 5 heteroatoms. The van der Waals surface area contributed by atoms with Crippen LogP contribution in [0.25, 0.3) is 0 Å². The van der Waals surface area contributed by atoms with Crippen molar-refractivity contribution in [3.05, 3.63) is 47.9 Å². The summed E-state index contributed by atoms with van der Waals surface area (Å²) in [6.07, 6.45) is 1.59. The SMILES string of the molecule is CCOc1ccc(Nc2cc(F)cc(C#N)c2)cn1. The Morgan fingerprint density at radius 3 is 2.79 bits per heavy atom. The zero-order chi connectivity index (χ0) is 13.7. The number of hydrogen-bond acceptors (Lipinski definition) is 4. The van der Waals surface area contributed by atoms with E-state index in [1.165, 1.54) is 12.1 Å². The summed E-state index contributed by atoms with van der Waals surface area (Å²) >= 11 is 0. The van der Waals surface area contributed by atoms with E-state index in [-0.39, 0.29) is 5.56 Å². The van der Waals surface area contributed by atoms with Crippen LogP contribution in [0.1, 0.15) is 12.5 Å². The fraction of sp³-hybridized carbons (Fsp3) is 0.143. The Kier molecular flexibility index (Phi) is 3.94. The number of halogens is 1. The second-order valence-electron chi connectivity index (χ2n) is 3.78. The van der Waals surface area contributed by atoms with Crippen LogP contribution in [0.2, 0.25) is 0 Å². The lowest BCUT2D eigenvalue weighted by Crippen LogP contribution is -1.96. The third-order valence-corrected chi connectivity index (χ3v) is 2.34. The molecule has 0 fully saturated rings. The van der Waals surface area contributed by atoms with Gasteiger partial charge in [-0.3, -0.25) is 0 Å². The predicted molar refractivity (Wildman–Crippen MR) is 69.8 cm³/mol. The molecule has 0 atom stereocenters. The Bertz CT molecular complexity index is 605. The molecular weight excluding hydrogens is 245 g/mol. The van der Waals surface area contributed by atoms with Crippen molar-refractivity contribution >= 4 is 11.4 Å². The number of ether oxygens (including phenoxy) is 1. The van der Waals surface area contributed by atoms with E-state index in [1.54, 1.807) is 24.4 Å². The quantitative estimate of drug-likeness (QED) is 0.913. The topological polar surface area (TPSA) is 57.9 Å². The molecule has 0 unspecified atom stereocenters. The molecule has 96 valence electrons. The number of pyridine rings is 1. The molecule has 0 aliphatic rings. The smallest absolute Gasteiger partial charge is 0.213 e. The minimum absolute atomic E-state index is 0.265. The normalized spacial score (nSPS) is 9.74. The number of hydrogen-bond donors (Lipinski definition) is 1. The van der Waals surface area contributed by atoms with E-state index in [0.29, 0.717) is 23.9 Å². The third kappa shape index (κ3) is 3.42. The van der Waals surface area contributed by atoms with Crippen molar-refractivity contribution in [1.82, 2.24) is 4.98 Å². The number of nitrogens with one attached hydrogen (secondary N) is 1. The second kappa shape index (κ2) is 5.83. The van der Waals surface area contributed by atoms with Crippen LogP contribution in [-0.4, -0.2) is 11.6 Å². The maximum absolute atomic E-state index is 13.3. The van der Waals surface area contributed by atoms with Crippen LogP contribution >= 0.6 is 0 Å². The number of rotatable bonds is 4. The fourth-order valence-corrected chi connectivity index (χ4v) is 1.58. The lowest BCUT2D eigenvalue weighted by Gasteiger charge is -2.07. The van der Waals surface area contributed by atoms with Gasteiger partial charge in [0.2, 0.25) is 5.88 Å². The Balaban J connectivity index is 2.17. The first-order chi connectivity index (χ1) is 9.21. The van der Waals surface area contributed by atoms with Gasteiger partial charge >= 0.3 is 0 Å². The van der Waals surface area contributed by atoms with Crippen LogP contribution in [0.15, 0.2) is 36.5 Å². The average molecular weight is 257 g/mol. The van der Waals surface area contributed by atoms with E-state index >= 15 is 0 Å². The van der Waals surface area contributed by atoms with E-state index in [1.807, 2.05) is 13.0 Å². The van der Waals surface area contributed by atoms with Gasteiger partial charge in [-0.1, -0.05) is 0 Å². The van der Waals surface area contributed by atoms with Gasteiger partial charge in [-0.15, -0.1) is 0 Å². The zero-order valence-electron chi connectivity index (χ0n) is 10.4. The van der Waals surface area contributed by atoms with Crippen molar-refractivity contribution < 1.29 is 9.13 Å². The minimum atomic E-state index is -0.458. The number of aromatic nitrogens is 1. The fourth-order valence-electron chi connectivity index (χ4n) is 1.58. The maximum atomic E-state index is 13.3. The average Bonchev–Trinajstić information content (AvgIpc) is 2.40. The lowest BCUT2D eigenvalue weighted by atomic mass is 10.2. The molecule has 1 N–H and O–H groups in total. The van der Waals surface area contributed by atoms with Crippen molar-refractivity contribution in [1.29, 1.82) is 5.26 Å². The van der Waals surface area contributed by atoms with Crippen LogP contribution in [0.3, 0.4) is 0 Å². The Morgan fingerprint density at radius 2 is 2.16 bits per heavy atom. The molecule has 1 aromatic heterocycles. The molecule has 0 radical (unpaired) electrons. The van der Waals surface area contributed by atoms with Crippen LogP contribution in [0.4, 0.5) is 15.8 Å². The minimum Gasteiger partial charge on any atom is -0.478 e. The monoisotopic (exact) mass is 257 g/mol. The molecule has 1 aromatic carbocycles. The Morgan fingerprint density at radius 1 is 1.32 bits per heavy atom. The number of nitrogens with zero attached hydrogens (tertiary/aromatic N) is 2. The van der Waals surface area contributed by atoms with Crippen LogP contribution < -0.4 is 10.1 Å². The molecule has 0 spiro atoms. The van der Waals surface area contributed by atoms with Crippen LogP contribution in [-0.2, 0) is 0 Å². The van der Waals surface area contributed by atoms with Gasteiger partial charge < -0.3 is 10.1 Å². The van der Waals surface area contributed by atoms with Gasteiger partial charge in [0.15, 0.2) is 0 Å². The third-order valence-electron chi connectivity index (χ3n) is 2.34. The molecule has 0 saturated carbocycles. The molecular formula is C14H12FN3O. The number of benzene rings is 1. The lowest BCUT2D eigenvalue weighted by molar-refractivity contribution is 0.327. The molecule has 4 nitrogen and oxygen atoms in total. The second-order valence-corrected chi connectivity index (χ2v) is 3.78. The summed E-state index contributed by atoms with van der Waals surface area (Å²) < 4.78 is 18.5. The molecule has 2 aromatic rings. The van der Waals surface area contributed by atoms with Crippen molar-refractivity contribution in [2.24, 2.45) is 0 Å². The highest BCUT2D eigenvalue weighted by Crippen LogP contribution is 2.20. The zero-order valence-corrected chi connectivity index (χ0v) is 10.4. The highest BCUT2D eigenvalue weighted by molar-refractivity contribution is 5.61. The van der Waals surface area contributed by atoms with E-state index < -0.39 is 5.82 Å². The first kappa shape index (κ1) is 12.8. The van der Waals surface area contributed by atoms with Gasteiger partial charge in [-0.2, -0.15) is 5.26 Å². The number of anilines is 2. The van der Waals surface area contributed by atoms with E-state index in [0.717, 1.165) is 0 Å². The molecule has 0 aliphatic carbocycles. The predicted octanol–water partition coefficient (Wildman–Crippen LogP) is 3.23. The summed E-state index contributed by atoms with van der Waals surface area (Å²) in [6, 6.07) is 9.46. The molecule has 0 amide bonds. The maximum Gasteiger partial charge on any atom is 0.213 e. The molecule has 0 bridgehead atoms. The summed E-state index contributed by atoms with van der Waals surface area (Å²) in [4.78, 5) is 4.09. The standard InChI is InChI=1S/C14H12FN3O/c1-2-19-14-4-3-12(9-17-14)18-13-6-10(8-16)5-11(15)7-13/h3-7,9,18H,2H2,1H3. The van der Waals surface area contributed by atoms with Gasteiger partial charge in [-0.25, -0.2) is 9.37 Å². The van der Waals surface area contributed by atoms with Crippen molar-refractivity contribution in [3.8, 4) is 11.9 Å². The van der Waals surface area contributed by atoms with Crippen LogP contribution in [0, 0.1) is 17.1 Å². The largest absolute Gasteiger partial charge is 0.478 e. The summed E-state index contributed by atoms with van der Waals surface area (Å²) in [5.74, 6) is 0.0745. The van der Waals surface area contributed by atoms with Gasteiger partial charge in [0.25, 0.3) is 0 Å². The summed E-state index contributed by atoms with van der Waals surface area (Å²) in [7, 11) is 0. The molecule has 0 saturated heterocycles. The first-order valence-electron chi connectivity index (χ1n) is 5.78. The van der Waals surface area contributed by atoms with Gasteiger partial charge in [0, 0.05) is 11.8 Å². The summed E-state index contributed by atoms with van der Waals surface area (Å²) in [5, 5.41) is 11.8. The first-order valence-corrected chi connectivity index (χ1v) is 5.78. The van der Waals surface area contributed by atoms with Crippen molar-refractivity contribution in [2.45, 2.75) is 6.92 Å². The molecule has 0 aliphatic heterocycles. The summed E-state index contributed by atoms with van der Waals surface area (Å²) in [5.41, 5.74) is 1.46. The van der Waals surface area contributed by atoms with Gasteiger partial charge in [0.1, 0.15) is 5.82 Å². The Hall–Kier alpha value is -2.61. The van der Waals surface area contributed by atoms with Gasteiger partial charge in [0.05, 0.1) is 30.1 Å². The number of nitriles is 1. The van der Waals surface area contributed by atoms with Gasteiger partial charge in [-0.05, 0) is 31.2 Å². The van der Waals surface area contributed by atoms with Crippen molar-refractivity contribution in [3.63, 3.8) is 0 Å². The van der Waals surface area contributed by atoms with E-state index in [9.17, 15) is 4.39 Å². The highest BCUT2D eigenvalue weighted by atomic mass is 19.1. The highest BCUT2D eigenvalue weighted by Gasteiger charge is 2.02. The van der Waals surface area contributed by atoms with E-state index in [2.05, 4.69) is 10.3 Å². The molecule has 2 rings (SSSR count). The summed E-state index contributed by atoms with van der Waals surface area (Å²) in [6.45, 7) is 2.43. The van der Waals surface area contributed by atoms with Crippen molar-refractivity contribution in [2.75, 3.05) is 11.9 Å². The van der Waals surface area contributed by atoms with E-state index in [4.69, 9.17) is 10.00 Å². The molecule has 1 heterocycles. The van der Waals surface area contributed by atoms with Crippen LogP contribution in [0.5, 0.6) is 5.88 Å². The Labute approximate surface area is 110 Å². The molecule has 19 heavy (non-hydrogen) atoms.